The van der Waals surface area contributed by atoms with Gasteiger partial charge in [0.2, 0.25) is 0 Å². The lowest BCUT2D eigenvalue weighted by Crippen LogP contribution is -2.38. The number of aliphatic hydroxyl groups is 1. The van der Waals surface area contributed by atoms with E-state index in [1.165, 1.54) is 31.2 Å². The maximum atomic E-state index is 11.9. The molecule has 1 rings (SSSR count). The minimum atomic E-state index is -4.13. The molecule has 0 amide bonds. The first-order valence-corrected chi connectivity index (χ1v) is 7.12. The average Bonchev–Trinajstić information content (AvgIpc) is 2.37. The van der Waals surface area contributed by atoms with Crippen LogP contribution in [-0.4, -0.2) is 38.3 Å². The summed E-state index contributed by atoms with van der Waals surface area (Å²) in [4.78, 5) is 11.4. The van der Waals surface area contributed by atoms with Gasteiger partial charge in [-0.3, -0.25) is 0 Å². The molecule has 0 aliphatic rings. The van der Waals surface area contributed by atoms with Gasteiger partial charge in [-0.05, 0) is 26.0 Å². The Bertz CT molecular complexity index is 508. The van der Waals surface area contributed by atoms with E-state index in [0.717, 1.165) is 0 Å². The van der Waals surface area contributed by atoms with E-state index in [0.29, 0.717) is 0 Å². The average molecular weight is 288 g/mol. The van der Waals surface area contributed by atoms with E-state index >= 15 is 0 Å². The molecule has 0 bridgehead atoms. The standard InChI is InChI=1S/C12H16O6S/c1-3-17-12(14)11(9(2)13)18-19(15,16)10-7-5-4-6-8-10/h4-9,11,13H,3H2,1-2H3. The zero-order valence-corrected chi connectivity index (χ0v) is 11.5. The molecule has 106 valence electrons. The SMILES string of the molecule is CCOC(=O)C(OS(=O)(=O)c1ccccc1)C(C)O. The number of esters is 1. The zero-order chi connectivity index (χ0) is 14.5. The van der Waals surface area contributed by atoms with Crippen LogP contribution in [0.4, 0.5) is 0 Å². The third kappa shape index (κ3) is 4.30. The van der Waals surface area contributed by atoms with Gasteiger partial charge in [-0.25, -0.2) is 8.98 Å². The summed E-state index contributed by atoms with van der Waals surface area (Å²) in [6.07, 6.45) is -2.89. The Hall–Kier alpha value is -1.44. The molecule has 0 heterocycles. The molecule has 0 saturated heterocycles. The van der Waals surface area contributed by atoms with Gasteiger partial charge in [-0.15, -0.1) is 0 Å². The minimum Gasteiger partial charge on any atom is -0.464 e. The van der Waals surface area contributed by atoms with E-state index in [2.05, 4.69) is 4.74 Å². The van der Waals surface area contributed by atoms with Crippen LogP contribution in [0.25, 0.3) is 0 Å². The van der Waals surface area contributed by atoms with Crippen LogP contribution >= 0.6 is 0 Å². The van der Waals surface area contributed by atoms with Gasteiger partial charge in [0, 0.05) is 0 Å². The minimum absolute atomic E-state index is 0.0663. The number of hydrogen-bond acceptors (Lipinski definition) is 6. The first-order chi connectivity index (χ1) is 8.88. The van der Waals surface area contributed by atoms with E-state index in [1.54, 1.807) is 13.0 Å². The van der Waals surface area contributed by atoms with Crippen LogP contribution in [0.3, 0.4) is 0 Å². The smallest absolute Gasteiger partial charge is 0.339 e. The molecular weight excluding hydrogens is 272 g/mol. The number of aliphatic hydroxyl groups excluding tert-OH is 1. The summed E-state index contributed by atoms with van der Waals surface area (Å²) in [5.41, 5.74) is 0. The topological polar surface area (TPSA) is 89.9 Å². The molecule has 0 aromatic heterocycles. The van der Waals surface area contributed by atoms with Crippen molar-refractivity contribution in [1.82, 2.24) is 0 Å². The summed E-state index contributed by atoms with van der Waals surface area (Å²) in [5.74, 6) is -0.919. The van der Waals surface area contributed by atoms with Crippen molar-refractivity contribution in [3.63, 3.8) is 0 Å². The molecule has 19 heavy (non-hydrogen) atoms. The highest BCUT2D eigenvalue weighted by molar-refractivity contribution is 7.86. The number of carbonyl (C=O) groups excluding carboxylic acids is 1. The zero-order valence-electron chi connectivity index (χ0n) is 10.6. The van der Waals surface area contributed by atoms with E-state index in [9.17, 15) is 18.3 Å². The lowest BCUT2D eigenvalue weighted by molar-refractivity contribution is -0.156. The third-order valence-corrected chi connectivity index (χ3v) is 3.53. The maximum absolute atomic E-state index is 11.9. The number of carbonyl (C=O) groups is 1. The normalized spacial score (nSPS) is 14.7. The molecule has 0 aliphatic heterocycles. The fraction of sp³-hybridized carbons (Fsp3) is 0.417. The van der Waals surface area contributed by atoms with Crippen LogP contribution in [0.2, 0.25) is 0 Å². The van der Waals surface area contributed by atoms with Crippen LogP contribution < -0.4 is 0 Å². The van der Waals surface area contributed by atoms with Crippen molar-refractivity contribution in [1.29, 1.82) is 0 Å². The second-order valence-corrected chi connectivity index (χ2v) is 5.35. The van der Waals surface area contributed by atoms with Crippen LogP contribution in [0, 0.1) is 0 Å². The first-order valence-electron chi connectivity index (χ1n) is 5.71. The predicted molar refractivity (Wildman–Crippen MR) is 66.8 cm³/mol. The summed E-state index contributed by atoms with van der Waals surface area (Å²) < 4.78 is 33.2. The summed E-state index contributed by atoms with van der Waals surface area (Å²) >= 11 is 0. The predicted octanol–water partition coefficient (Wildman–Crippen LogP) is 0.704. The van der Waals surface area contributed by atoms with Crippen LogP contribution in [0.5, 0.6) is 0 Å². The summed E-state index contributed by atoms with van der Waals surface area (Å²) in [5, 5.41) is 9.43. The Labute approximate surface area is 112 Å². The molecule has 1 N–H and O–H groups in total. The largest absolute Gasteiger partial charge is 0.464 e. The second kappa shape index (κ2) is 6.65. The van der Waals surface area contributed by atoms with Crippen molar-refractivity contribution >= 4 is 16.1 Å². The molecule has 7 heteroatoms. The van der Waals surface area contributed by atoms with Crippen molar-refractivity contribution in [2.75, 3.05) is 6.61 Å². The van der Waals surface area contributed by atoms with Crippen LogP contribution in [0.15, 0.2) is 35.2 Å². The number of ether oxygens (including phenoxy) is 1. The van der Waals surface area contributed by atoms with Crippen molar-refractivity contribution in [2.45, 2.75) is 31.0 Å². The monoisotopic (exact) mass is 288 g/mol. The molecule has 2 unspecified atom stereocenters. The Morgan fingerprint density at radius 3 is 2.37 bits per heavy atom. The van der Waals surface area contributed by atoms with Crippen molar-refractivity contribution in [3.8, 4) is 0 Å². The van der Waals surface area contributed by atoms with Crippen LogP contribution in [0.1, 0.15) is 13.8 Å². The van der Waals surface area contributed by atoms with E-state index in [1.807, 2.05) is 0 Å². The van der Waals surface area contributed by atoms with Crippen molar-refractivity contribution in [3.05, 3.63) is 30.3 Å². The highest BCUT2D eigenvalue weighted by Crippen LogP contribution is 2.16. The fourth-order valence-corrected chi connectivity index (χ4v) is 2.43. The van der Waals surface area contributed by atoms with Gasteiger partial charge < -0.3 is 9.84 Å². The second-order valence-electron chi connectivity index (χ2n) is 3.78. The quantitative estimate of drug-likeness (QED) is 0.612. The third-order valence-electron chi connectivity index (χ3n) is 2.22. The molecule has 1 aromatic rings. The van der Waals surface area contributed by atoms with Gasteiger partial charge >= 0.3 is 5.97 Å². The van der Waals surface area contributed by atoms with Gasteiger partial charge in [0.05, 0.1) is 17.6 Å². The van der Waals surface area contributed by atoms with Gasteiger partial charge in [-0.2, -0.15) is 8.42 Å². The van der Waals surface area contributed by atoms with Gasteiger partial charge in [-0.1, -0.05) is 18.2 Å². The summed E-state index contributed by atoms with van der Waals surface area (Å²) in [6.45, 7) is 2.89. The summed E-state index contributed by atoms with van der Waals surface area (Å²) in [7, 11) is -4.13. The molecule has 0 radical (unpaired) electrons. The Morgan fingerprint density at radius 2 is 1.89 bits per heavy atom. The van der Waals surface area contributed by atoms with E-state index in [-0.39, 0.29) is 11.5 Å². The Balaban J connectivity index is 2.94. The highest BCUT2D eigenvalue weighted by atomic mass is 32.2. The molecule has 0 spiro atoms. The van der Waals surface area contributed by atoms with Crippen molar-refractivity contribution < 1.29 is 27.2 Å². The lowest BCUT2D eigenvalue weighted by atomic mass is 10.2. The molecule has 1 aromatic carbocycles. The summed E-state index contributed by atoms with van der Waals surface area (Å²) in [6, 6.07) is 7.37. The van der Waals surface area contributed by atoms with E-state index in [4.69, 9.17) is 4.18 Å². The molecule has 0 aliphatic carbocycles. The first kappa shape index (κ1) is 15.6. The lowest BCUT2D eigenvalue weighted by Gasteiger charge is -2.18. The fourth-order valence-electron chi connectivity index (χ4n) is 1.32. The molecule has 0 fully saturated rings. The Kier molecular flexibility index (Phi) is 5.46. The molecule has 6 nitrogen and oxygen atoms in total. The molecular formula is C12H16O6S. The van der Waals surface area contributed by atoms with Gasteiger partial charge in [0.1, 0.15) is 0 Å². The number of benzene rings is 1. The van der Waals surface area contributed by atoms with Gasteiger partial charge in [0.25, 0.3) is 10.1 Å². The highest BCUT2D eigenvalue weighted by Gasteiger charge is 2.32. The molecule has 2 atom stereocenters. The van der Waals surface area contributed by atoms with Crippen LogP contribution in [-0.2, 0) is 23.8 Å². The number of rotatable bonds is 6. The molecule has 0 saturated carbocycles. The Morgan fingerprint density at radius 1 is 1.32 bits per heavy atom. The van der Waals surface area contributed by atoms with E-state index < -0.39 is 28.3 Å². The maximum Gasteiger partial charge on any atom is 0.339 e. The van der Waals surface area contributed by atoms with Crippen molar-refractivity contribution in [2.24, 2.45) is 0 Å². The number of hydrogen-bond donors (Lipinski definition) is 1. The van der Waals surface area contributed by atoms with Gasteiger partial charge in [0.15, 0.2) is 6.10 Å².